The highest BCUT2D eigenvalue weighted by Gasteiger charge is 2.33. The summed E-state index contributed by atoms with van der Waals surface area (Å²) < 4.78 is 0. The molecule has 17 heavy (non-hydrogen) atoms. The molecule has 1 aliphatic rings. The van der Waals surface area contributed by atoms with Gasteiger partial charge in [-0.15, -0.1) is 0 Å². The van der Waals surface area contributed by atoms with E-state index in [2.05, 4.69) is 39.7 Å². The lowest BCUT2D eigenvalue weighted by atomic mass is 9.72. The first-order valence-electron chi connectivity index (χ1n) is 5.69. The van der Waals surface area contributed by atoms with Gasteiger partial charge >= 0.3 is 0 Å². The van der Waals surface area contributed by atoms with Gasteiger partial charge in [0.05, 0.1) is 6.04 Å². The van der Waals surface area contributed by atoms with E-state index in [4.69, 9.17) is 5.84 Å². The van der Waals surface area contributed by atoms with E-state index in [1.54, 1.807) is 0 Å². The van der Waals surface area contributed by atoms with Crippen molar-refractivity contribution in [3.05, 3.63) is 59.7 Å². The number of hydrogen-bond acceptors (Lipinski definition) is 4. The van der Waals surface area contributed by atoms with Gasteiger partial charge in [0.15, 0.2) is 0 Å². The lowest BCUT2D eigenvalue weighted by molar-refractivity contribution is 0.417. The molecule has 0 radical (unpaired) electrons. The van der Waals surface area contributed by atoms with Crippen LogP contribution in [0, 0.1) is 0 Å². The van der Waals surface area contributed by atoms with Gasteiger partial charge in [0, 0.05) is 23.9 Å². The Hall–Kier alpha value is -1.78. The average molecular weight is 226 g/mol. The summed E-state index contributed by atoms with van der Waals surface area (Å²) in [4.78, 5) is 8.09. The van der Waals surface area contributed by atoms with Crippen molar-refractivity contribution in [3.63, 3.8) is 0 Å². The number of hydrazine groups is 1. The minimum atomic E-state index is 0.0890. The first kappa shape index (κ1) is 10.4. The van der Waals surface area contributed by atoms with Gasteiger partial charge < -0.3 is 0 Å². The van der Waals surface area contributed by atoms with E-state index >= 15 is 0 Å². The maximum Gasteiger partial charge on any atom is 0.115 e. The molecule has 1 aliphatic carbocycles. The molecule has 86 valence electrons. The molecule has 1 heterocycles. The third-order valence-corrected chi connectivity index (χ3v) is 3.42. The monoisotopic (exact) mass is 226 g/mol. The molecule has 4 nitrogen and oxygen atoms in total. The summed E-state index contributed by atoms with van der Waals surface area (Å²) in [5.74, 6) is 6.09. The molecule has 0 fully saturated rings. The van der Waals surface area contributed by atoms with Crippen LogP contribution in [0.3, 0.4) is 0 Å². The van der Waals surface area contributed by atoms with Crippen LogP contribution in [-0.2, 0) is 6.42 Å². The second kappa shape index (κ2) is 4.24. The van der Waals surface area contributed by atoms with Crippen molar-refractivity contribution in [1.29, 1.82) is 0 Å². The number of nitrogens with two attached hydrogens (primary N) is 1. The van der Waals surface area contributed by atoms with E-state index in [1.165, 1.54) is 17.5 Å². The highest BCUT2D eigenvalue weighted by Crippen LogP contribution is 2.42. The molecule has 3 rings (SSSR count). The fourth-order valence-corrected chi connectivity index (χ4v) is 2.51. The predicted molar refractivity (Wildman–Crippen MR) is 65.0 cm³/mol. The third-order valence-electron chi connectivity index (χ3n) is 3.42. The standard InChI is InChI=1S/C13H14N4/c14-17-13(10-6-15-8-16-7-10)12-5-9-3-1-2-4-11(9)12/h1-4,6-8,12-13,17H,5,14H2. The van der Waals surface area contributed by atoms with Gasteiger partial charge in [-0.1, -0.05) is 24.3 Å². The van der Waals surface area contributed by atoms with E-state index in [-0.39, 0.29) is 6.04 Å². The molecular formula is C13H14N4. The zero-order valence-electron chi connectivity index (χ0n) is 9.38. The van der Waals surface area contributed by atoms with E-state index in [0.717, 1.165) is 12.0 Å². The molecule has 1 aromatic carbocycles. The van der Waals surface area contributed by atoms with Crippen molar-refractivity contribution < 1.29 is 0 Å². The van der Waals surface area contributed by atoms with Crippen LogP contribution in [0.25, 0.3) is 0 Å². The van der Waals surface area contributed by atoms with Crippen LogP contribution in [0.1, 0.15) is 28.7 Å². The number of fused-ring (bicyclic) bond motifs is 1. The van der Waals surface area contributed by atoms with Crippen LogP contribution in [0.15, 0.2) is 43.0 Å². The van der Waals surface area contributed by atoms with Gasteiger partial charge in [-0.05, 0) is 17.5 Å². The topological polar surface area (TPSA) is 63.8 Å². The normalized spacial score (nSPS) is 19.2. The van der Waals surface area contributed by atoms with Crippen LogP contribution >= 0.6 is 0 Å². The third kappa shape index (κ3) is 1.71. The molecule has 2 aromatic rings. The second-order valence-corrected chi connectivity index (χ2v) is 4.33. The van der Waals surface area contributed by atoms with E-state index in [9.17, 15) is 0 Å². The minimum Gasteiger partial charge on any atom is -0.271 e. The van der Waals surface area contributed by atoms with Crippen LogP contribution in [-0.4, -0.2) is 9.97 Å². The molecule has 0 bridgehead atoms. The number of aromatic nitrogens is 2. The quantitative estimate of drug-likeness (QED) is 0.612. The molecular weight excluding hydrogens is 212 g/mol. The molecule has 3 N–H and O–H groups in total. The summed E-state index contributed by atoms with van der Waals surface area (Å²) in [5.41, 5.74) is 6.70. The van der Waals surface area contributed by atoms with E-state index in [1.807, 2.05) is 12.4 Å². The van der Waals surface area contributed by atoms with Crippen molar-refractivity contribution in [1.82, 2.24) is 15.4 Å². The number of hydrogen-bond donors (Lipinski definition) is 2. The number of rotatable bonds is 3. The predicted octanol–water partition coefficient (Wildman–Crippen LogP) is 1.32. The Morgan fingerprint density at radius 1 is 1.24 bits per heavy atom. The summed E-state index contributed by atoms with van der Waals surface area (Å²) in [6, 6.07) is 8.57. The Bertz CT molecular complexity index is 512. The van der Waals surface area contributed by atoms with Crippen LogP contribution in [0.4, 0.5) is 0 Å². The Morgan fingerprint density at radius 3 is 2.71 bits per heavy atom. The van der Waals surface area contributed by atoms with Crippen LogP contribution in [0.2, 0.25) is 0 Å². The number of nitrogens with zero attached hydrogens (tertiary/aromatic N) is 2. The Labute approximate surface area is 99.9 Å². The summed E-state index contributed by atoms with van der Waals surface area (Å²) in [6.07, 6.45) is 6.22. The molecule has 0 aliphatic heterocycles. The molecule has 0 amide bonds. The van der Waals surface area contributed by atoms with Crippen LogP contribution in [0.5, 0.6) is 0 Å². The second-order valence-electron chi connectivity index (χ2n) is 4.33. The number of nitrogens with one attached hydrogen (secondary N) is 1. The van der Waals surface area contributed by atoms with Crippen molar-refractivity contribution >= 4 is 0 Å². The van der Waals surface area contributed by atoms with Crippen molar-refractivity contribution in [2.45, 2.75) is 18.4 Å². The van der Waals surface area contributed by atoms with Gasteiger partial charge in [0.1, 0.15) is 6.33 Å². The first-order valence-corrected chi connectivity index (χ1v) is 5.69. The lowest BCUT2D eigenvalue weighted by Crippen LogP contribution is -2.37. The largest absolute Gasteiger partial charge is 0.271 e. The van der Waals surface area contributed by atoms with Crippen molar-refractivity contribution in [2.75, 3.05) is 0 Å². The van der Waals surface area contributed by atoms with Gasteiger partial charge in [-0.25, -0.2) is 9.97 Å². The van der Waals surface area contributed by atoms with Crippen molar-refractivity contribution in [3.8, 4) is 0 Å². The van der Waals surface area contributed by atoms with Gasteiger partial charge in [-0.2, -0.15) is 0 Å². The maximum absolute atomic E-state index is 5.67. The molecule has 1 aromatic heterocycles. The highest BCUT2D eigenvalue weighted by atomic mass is 15.2. The van der Waals surface area contributed by atoms with Gasteiger partial charge in [0.25, 0.3) is 0 Å². The molecule has 0 saturated carbocycles. The molecule has 0 spiro atoms. The fourth-order valence-electron chi connectivity index (χ4n) is 2.51. The summed E-state index contributed by atoms with van der Waals surface area (Å²) in [7, 11) is 0. The zero-order chi connectivity index (χ0) is 11.7. The average Bonchev–Trinajstić information content (AvgIpc) is 2.37. The Kier molecular flexibility index (Phi) is 2.59. The van der Waals surface area contributed by atoms with Crippen molar-refractivity contribution in [2.24, 2.45) is 5.84 Å². The summed E-state index contributed by atoms with van der Waals surface area (Å²) in [6.45, 7) is 0. The van der Waals surface area contributed by atoms with Gasteiger partial charge in [0.2, 0.25) is 0 Å². The van der Waals surface area contributed by atoms with Crippen LogP contribution < -0.4 is 11.3 Å². The fraction of sp³-hybridized carbons (Fsp3) is 0.231. The molecule has 2 unspecified atom stereocenters. The summed E-state index contributed by atoms with van der Waals surface area (Å²) in [5, 5.41) is 0. The maximum atomic E-state index is 5.67. The highest BCUT2D eigenvalue weighted by molar-refractivity contribution is 5.42. The van der Waals surface area contributed by atoms with E-state index in [0.29, 0.717) is 5.92 Å². The lowest BCUT2D eigenvalue weighted by Gasteiger charge is -2.36. The minimum absolute atomic E-state index is 0.0890. The number of benzene rings is 1. The first-order chi connectivity index (χ1) is 8.40. The van der Waals surface area contributed by atoms with Gasteiger partial charge in [-0.3, -0.25) is 11.3 Å². The Morgan fingerprint density at radius 2 is 2.00 bits per heavy atom. The molecule has 4 heteroatoms. The molecule has 2 atom stereocenters. The zero-order valence-corrected chi connectivity index (χ0v) is 9.38. The summed E-state index contributed by atoms with van der Waals surface area (Å²) >= 11 is 0. The SMILES string of the molecule is NNC(c1cncnc1)C1Cc2ccccc21. The smallest absolute Gasteiger partial charge is 0.115 e. The Balaban J connectivity index is 1.90. The molecule has 0 saturated heterocycles. The van der Waals surface area contributed by atoms with E-state index < -0.39 is 0 Å².